The van der Waals surface area contributed by atoms with E-state index in [9.17, 15) is 9.59 Å². The van der Waals surface area contributed by atoms with Crippen molar-refractivity contribution in [1.29, 1.82) is 0 Å². The Hall–Kier alpha value is -1.99. The number of ether oxygens (including phenoxy) is 1. The maximum absolute atomic E-state index is 12.2. The van der Waals surface area contributed by atoms with Gasteiger partial charge in [0.2, 0.25) is 0 Å². The van der Waals surface area contributed by atoms with Gasteiger partial charge in [-0.05, 0) is 25.1 Å². The SMILES string of the molecule is CCOC(=O)Cc1csc(-c2cc3ccc(Br)cc3oc2=O)n1. The van der Waals surface area contributed by atoms with Crippen LogP contribution in [0.2, 0.25) is 0 Å². The van der Waals surface area contributed by atoms with Crippen LogP contribution in [0, 0.1) is 0 Å². The molecule has 0 aliphatic carbocycles. The Morgan fingerprint density at radius 1 is 1.39 bits per heavy atom. The van der Waals surface area contributed by atoms with Crippen molar-refractivity contribution in [2.75, 3.05) is 6.61 Å². The molecular weight excluding hydrogens is 382 g/mol. The van der Waals surface area contributed by atoms with Gasteiger partial charge in [-0.3, -0.25) is 4.79 Å². The first-order valence-electron chi connectivity index (χ1n) is 6.90. The van der Waals surface area contributed by atoms with Crippen LogP contribution in [0.4, 0.5) is 0 Å². The lowest BCUT2D eigenvalue weighted by Gasteiger charge is -2.00. The average Bonchev–Trinajstić information content (AvgIpc) is 2.94. The van der Waals surface area contributed by atoms with E-state index in [1.54, 1.807) is 24.4 Å². The molecule has 0 unspecified atom stereocenters. The number of thiazole rings is 1. The van der Waals surface area contributed by atoms with Gasteiger partial charge >= 0.3 is 11.6 Å². The fourth-order valence-corrected chi connectivity index (χ4v) is 3.27. The fraction of sp³-hybridized carbons (Fsp3) is 0.188. The van der Waals surface area contributed by atoms with Crippen molar-refractivity contribution in [3.8, 4) is 10.6 Å². The van der Waals surface area contributed by atoms with Gasteiger partial charge in [0.15, 0.2) is 0 Å². The van der Waals surface area contributed by atoms with E-state index in [4.69, 9.17) is 9.15 Å². The first kappa shape index (κ1) is 15.9. The number of nitrogens with zero attached hydrogens (tertiary/aromatic N) is 1. The van der Waals surface area contributed by atoms with E-state index in [2.05, 4.69) is 20.9 Å². The quantitative estimate of drug-likeness (QED) is 0.498. The zero-order chi connectivity index (χ0) is 16.4. The van der Waals surface area contributed by atoms with Crippen molar-refractivity contribution in [3.05, 3.63) is 50.2 Å². The van der Waals surface area contributed by atoms with Crippen LogP contribution in [0.5, 0.6) is 0 Å². The van der Waals surface area contributed by atoms with Crippen molar-refractivity contribution in [3.63, 3.8) is 0 Å². The molecule has 0 aliphatic heterocycles. The van der Waals surface area contributed by atoms with Gasteiger partial charge < -0.3 is 9.15 Å². The van der Waals surface area contributed by atoms with Crippen molar-refractivity contribution >= 4 is 44.2 Å². The predicted molar refractivity (Wildman–Crippen MR) is 91.6 cm³/mol. The third-order valence-corrected chi connectivity index (χ3v) is 4.53. The van der Waals surface area contributed by atoms with Crippen molar-refractivity contribution < 1.29 is 13.9 Å². The van der Waals surface area contributed by atoms with E-state index in [0.717, 1.165) is 9.86 Å². The Morgan fingerprint density at radius 2 is 2.22 bits per heavy atom. The second-order valence-corrected chi connectivity index (χ2v) is 6.53. The number of carbonyl (C=O) groups is 1. The number of carbonyl (C=O) groups excluding carboxylic acids is 1. The minimum absolute atomic E-state index is 0.0935. The molecule has 0 saturated carbocycles. The normalized spacial score (nSPS) is 10.9. The molecular formula is C16H12BrNO4S. The summed E-state index contributed by atoms with van der Waals surface area (Å²) in [5, 5.41) is 3.09. The van der Waals surface area contributed by atoms with Crippen molar-refractivity contribution in [1.82, 2.24) is 4.98 Å². The van der Waals surface area contributed by atoms with Crippen LogP contribution in [-0.4, -0.2) is 17.6 Å². The zero-order valence-corrected chi connectivity index (χ0v) is 14.6. The summed E-state index contributed by atoms with van der Waals surface area (Å²) in [4.78, 5) is 28.0. The highest BCUT2D eigenvalue weighted by molar-refractivity contribution is 9.10. The highest BCUT2D eigenvalue weighted by Crippen LogP contribution is 2.26. The summed E-state index contributed by atoms with van der Waals surface area (Å²) in [6.07, 6.45) is 0.0935. The average molecular weight is 394 g/mol. The molecule has 0 atom stereocenters. The Bertz CT molecular complexity index is 931. The molecule has 0 bridgehead atoms. The van der Waals surface area contributed by atoms with E-state index >= 15 is 0 Å². The Morgan fingerprint density at radius 3 is 3.00 bits per heavy atom. The summed E-state index contributed by atoms with van der Waals surface area (Å²) in [5.41, 5.74) is 1.03. The molecule has 0 N–H and O–H groups in total. The van der Waals surface area contributed by atoms with Gasteiger partial charge in [0, 0.05) is 15.2 Å². The Balaban J connectivity index is 1.96. The lowest BCUT2D eigenvalue weighted by Crippen LogP contribution is -2.08. The smallest absolute Gasteiger partial charge is 0.346 e. The van der Waals surface area contributed by atoms with Gasteiger partial charge in [-0.2, -0.15) is 0 Å². The standard InChI is InChI=1S/C16H12BrNO4S/c1-2-21-14(19)7-11-8-23-15(18-11)12-5-9-3-4-10(17)6-13(9)22-16(12)20/h3-6,8H,2,7H2,1H3. The predicted octanol–water partition coefficient (Wildman–Crippen LogP) is 3.78. The van der Waals surface area contributed by atoms with E-state index in [1.165, 1.54) is 11.3 Å². The van der Waals surface area contributed by atoms with Gasteiger partial charge in [-0.25, -0.2) is 9.78 Å². The van der Waals surface area contributed by atoms with Crippen LogP contribution >= 0.6 is 27.3 Å². The number of hydrogen-bond acceptors (Lipinski definition) is 6. The van der Waals surface area contributed by atoms with E-state index in [-0.39, 0.29) is 12.4 Å². The number of esters is 1. The molecule has 0 spiro atoms. The van der Waals surface area contributed by atoms with E-state index in [1.807, 2.05) is 12.1 Å². The van der Waals surface area contributed by atoms with Gasteiger partial charge in [0.05, 0.1) is 24.3 Å². The number of rotatable bonds is 4. The van der Waals surface area contributed by atoms with Gasteiger partial charge in [-0.15, -0.1) is 11.3 Å². The molecule has 0 saturated heterocycles. The second kappa shape index (κ2) is 6.64. The molecule has 3 aromatic rings. The summed E-state index contributed by atoms with van der Waals surface area (Å²) in [5.74, 6) is -0.334. The van der Waals surface area contributed by atoms with Crippen LogP contribution in [0.25, 0.3) is 21.5 Å². The van der Waals surface area contributed by atoms with Crippen molar-refractivity contribution in [2.45, 2.75) is 13.3 Å². The molecule has 3 rings (SSSR count). The molecule has 2 heterocycles. The number of fused-ring (bicyclic) bond motifs is 1. The van der Waals surface area contributed by atoms with Crippen LogP contribution in [0.1, 0.15) is 12.6 Å². The summed E-state index contributed by atoms with van der Waals surface area (Å²) in [7, 11) is 0. The van der Waals surface area contributed by atoms with Gasteiger partial charge in [-0.1, -0.05) is 22.0 Å². The maximum atomic E-state index is 12.2. The summed E-state index contributed by atoms with van der Waals surface area (Å²) >= 11 is 4.64. The zero-order valence-electron chi connectivity index (χ0n) is 12.2. The summed E-state index contributed by atoms with van der Waals surface area (Å²) < 4.78 is 11.1. The maximum Gasteiger partial charge on any atom is 0.346 e. The monoisotopic (exact) mass is 393 g/mol. The number of benzene rings is 1. The summed E-state index contributed by atoms with van der Waals surface area (Å²) in [6, 6.07) is 7.23. The number of aromatic nitrogens is 1. The molecule has 7 heteroatoms. The van der Waals surface area contributed by atoms with E-state index in [0.29, 0.717) is 28.5 Å². The molecule has 2 aromatic heterocycles. The topological polar surface area (TPSA) is 69.4 Å². The minimum atomic E-state index is -0.451. The molecule has 118 valence electrons. The van der Waals surface area contributed by atoms with Crippen LogP contribution < -0.4 is 5.63 Å². The molecule has 1 aromatic carbocycles. The Labute approximate surface area is 144 Å². The summed E-state index contributed by atoms with van der Waals surface area (Å²) in [6.45, 7) is 2.09. The first-order chi connectivity index (χ1) is 11.1. The van der Waals surface area contributed by atoms with Crippen LogP contribution in [0.3, 0.4) is 0 Å². The highest BCUT2D eigenvalue weighted by Gasteiger charge is 2.14. The first-order valence-corrected chi connectivity index (χ1v) is 8.58. The molecule has 0 amide bonds. The molecule has 0 aliphatic rings. The van der Waals surface area contributed by atoms with Crippen molar-refractivity contribution in [2.24, 2.45) is 0 Å². The molecule has 5 nitrogen and oxygen atoms in total. The minimum Gasteiger partial charge on any atom is -0.466 e. The lowest BCUT2D eigenvalue weighted by molar-refractivity contribution is -0.142. The highest BCUT2D eigenvalue weighted by atomic mass is 79.9. The van der Waals surface area contributed by atoms with Crippen LogP contribution in [0.15, 0.2) is 43.3 Å². The number of hydrogen-bond donors (Lipinski definition) is 0. The van der Waals surface area contributed by atoms with Gasteiger partial charge in [0.1, 0.15) is 10.6 Å². The van der Waals surface area contributed by atoms with E-state index < -0.39 is 5.63 Å². The second-order valence-electron chi connectivity index (χ2n) is 4.76. The third-order valence-electron chi connectivity index (χ3n) is 3.11. The largest absolute Gasteiger partial charge is 0.466 e. The lowest BCUT2D eigenvalue weighted by atomic mass is 10.2. The van der Waals surface area contributed by atoms with Gasteiger partial charge in [0.25, 0.3) is 0 Å². The molecule has 0 radical (unpaired) electrons. The fourth-order valence-electron chi connectivity index (χ4n) is 2.11. The Kier molecular flexibility index (Phi) is 4.58. The van der Waals surface area contributed by atoms with Crippen LogP contribution in [-0.2, 0) is 16.0 Å². The molecule has 0 fully saturated rings. The number of halogens is 1. The molecule has 23 heavy (non-hydrogen) atoms. The third kappa shape index (κ3) is 3.51.